The number of nitrogens with zero attached hydrogens (tertiary/aromatic N) is 1. The molecule has 0 aliphatic heterocycles. The molecule has 8 heteroatoms. The van der Waals surface area contributed by atoms with Gasteiger partial charge in [-0.05, 0) is 25.1 Å². The van der Waals surface area contributed by atoms with E-state index in [1.54, 1.807) is 31.3 Å². The molecule has 25 heavy (non-hydrogen) atoms. The maximum Gasteiger partial charge on any atom is 0.307 e. The highest BCUT2D eigenvalue weighted by atomic mass is 35.5. The van der Waals surface area contributed by atoms with Gasteiger partial charge in [0.05, 0.1) is 24.8 Å². The van der Waals surface area contributed by atoms with Crippen LogP contribution in [0.4, 0.5) is 0 Å². The second-order valence-electron chi connectivity index (χ2n) is 5.49. The Morgan fingerprint density at radius 3 is 2.80 bits per heavy atom. The lowest BCUT2D eigenvalue weighted by Gasteiger charge is -2.11. The molecular formula is C17H18Cl2N2O4. The van der Waals surface area contributed by atoms with Crippen LogP contribution in [0.25, 0.3) is 11.3 Å². The predicted octanol–water partition coefficient (Wildman–Crippen LogP) is 3.65. The summed E-state index contributed by atoms with van der Waals surface area (Å²) >= 11 is 12.0. The molecule has 1 aromatic heterocycles. The number of benzene rings is 1. The van der Waals surface area contributed by atoms with Crippen molar-refractivity contribution in [3.8, 4) is 11.3 Å². The molecule has 1 N–H and O–H groups in total. The van der Waals surface area contributed by atoms with Crippen LogP contribution in [-0.2, 0) is 20.7 Å². The Hall–Kier alpha value is -2.05. The summed E-state index contributed by atoms with van der Waals surface area (Å²) in [5.74, 6) is 0.374. The fraction of sp³-hybridized carbons (Fsp3) is 0.353. The van der Waals surface area contributed by atoms with Crippen LogP contribution in [0.1, 0.15) is 25.7 Å². The smallest absolute Gasteiger partial charge is 0.307 e. The summed E-state index contributed by atoms with van der Waals surface area (Å²) in [5, 5.41) is 3.72. The SMILES string of the molecule is COC(=O)CC(C)NC(=O)CCc1ncc(-c2ccc(Cl)cc2Cl)o1. The molecule has 1 heterocycles. The van der Waals surface area contributed by atoms with Gasteiger partial charge in [-0.1, -0.05) is 23.2 Å². The average Bonchev–Trinajstić information content (AvgIpc) is 3.01. The molecular weight excluding hydrogens is 367 g/mol. The second kappa shape index (κ2) is 8.87. The number of oxazole rings is 1. The highest BCUT2D eigenvalue weighted by Crippen LogP contribution is 2.30. The molecule has 0 aliphatic carbocycles. The van der Waals surface area contributed by atoms with Gasteiger partial charge in [0, 0.05) is 29.5 Å². The minimum atomic E-state index is -0.370. The highest BCUT2D eigenvalue weighted by Gasteiger charge is 2.14. The van der Waals surface area contributed by atoms with E-state index in [1.165, 1.54) is 7.11 Å². The van der Waals surface area contributed by atoms with Gasteiger partial charge in [-0.15, -0.1) is 0 Å². The number of nitrogens with one attached hydrogen (secondary N) is 1. The van der Waals surface area contributed by atoms with Crippen LogP contribution in [0.3, 0.4) is 0 Å². The number of carbonyl (C=O) groups is 2. The molecule has 0 fully saturated rings. The highest BCUT2D eigenvalue weighted by molar-refractivity contribution is 6.36. The third-order valence-corrected chi connectivity index (χ3v) is 3.97. The van der Waals surface area contributed by atoms with Crippen molar-refractivity contribution in [1.29, 1.82) is 0 Å². The Balaban J connectivity index is 1.89. The Morgan fingerprint density at radius 1 is 1.36 bits per heavy atom. The standard InChI is InChI=1S/C17H18Cl2N2O4/c1-10(7-17(23)24-2)21-15(22)5-6-16-20-9-14(25-16)12-4-3-11(18)8-13(12)19/h3-4,8-10H,5-7H2,1-2H3,(H,21,22). The predicted molar refractivity (Wildman–Crippen MR) is 94.5 cm³/mol. The minimum absolute atomic E-state index is 0.125. The van der Waals surface area contributed by atoms with Crippen molar-refractivity contribution in [2.24, 2.45) is 0 Å². The first-order valence-corrected chi connectivity index (χ1v) is 8.41. The summed E-state index contributed by atoms with van der Waals surface area (Å²) in [5.41, 5.74) is 0.681. The summed E-state index contributed by atoms with van der Waals surface area (Å²) in [4.78, 5) is 27.2. The van der Waals surface area contributed by atoms with Gasteiger partial charge in [-0.25, -0.2) is 4.98 Å². The fourth-order valence-corrected chi connectivity index (χ4v) is 2.69. The van der Waals surface area contributed by atoms with Crippen LogP contribution in [0, 0.1) is 0 Å². The van der Waals surface area contributed by atoms with Gasteiger partial charge in [0.1, 0.15) is 0 Å². The molecule has 0 spiro atoms. The van der Waals surface area contributed by atoms with Crippen LogP contribution in [-0.4, -0.2) is 30.0 Å². The number of aryl methyl sites for hydroxylation is 1. The molecule has 0 bridgehead atoms. The molecule has 0 saturated carbocycles. The van der Waals surface area contributed by atoms with Gasteiger partial charge < -0.3 is 14.5 Å². The lowest BCUT2D eigenvalue weighted by molar-refractivity contribution is -0.141. The van der Waals surface area contributed by atoms with Gasteiger partial charge in [0.2, 0.25) is 5.91 Å². The first kappa shape index (κ1) is 19.3. The Labute approximate surface area is 155 Å². The number of hydrogen-bond donors (Lipinski definition) is 1. The summed E-state index contributed by atoms with van der Waals surface area (Å²) in [7, 11) is 1.31. The Bertz CT molecular complexity index is 761. The van der Waals surface area contributed by atoms with Gasteiger partial charge in [0.15, 0.2) is 11.7 Å². The lowest BCUT2D eigenvalue weighted by Crippen LogP contribution is -2.34. The van der Waals surface area contributed by atoms with E-state index in [2.05, 4.69) is 15.0 Å². The molecule has 1 unspecified atom stereocenters. The fourth-order valence-electron chi connectivity index (χ4n) is 2.19. The van der Waals surface area contributed by atoms with Crippen molar-refractivity contribution in [3.63, 3.8) is 0 Å². The zero-order valence-electron chi connectivity index (χ0n) is 13.8. The molecule has 0 aliphatic rings. The van der Waals surface area contributed by atoms with E-state index >= 15 is 0 Å². The molecule has 1 atom stereocenters. The summed E-state index contributed by atoms with van der Waals surface area (Å²) in [6, 6.07) is 4.78. The Kier molecular flexibility index (Phi) is 6.84. The van der Waals surface area contributed by atoms with Crippen LogP contribution in [0.2, 0.25) is 10.0 Å². The van der Waals surface area contributed by atoms with E-state index in [4.69, 9.17) is 27.6 Å². The molecule has 1 aromatic carbocycles. The number of rotatable bonds is 7. The molecule has 2 rings (SSSR count). The van der Waals surface area contributed by atoms with E-state index in [1.807, 2.05) is 0 Å². The van der Waals surface area contributed by atoms with Crippen molar-refractivity contribution < 1.29 is 18.7 Å². The topological polar surface area (TPSA) is 81.4 Å². The van der Waals surface area contributed by atoms with Gasteiger partial charge in [-0.2, -0.15) is 0 Å². The maximum atomic E-state index is 11.9. The van der Waals surface area contributed by atoms with Crippen molar-refractivity contribution in [1.82, 2.24) is 10.3 Å². The first-order chi connectivity index (χ1) is 11.9. The molecule has 1 amide bonds. The molecule has 6 nitrogen and oxygen atoms in total. The van der Waals surface area contributed by atoms with Crippen LogP contribution < -0.4 is 5.32 Å². The van der Waals surface area contributed by atoms with E-state index < -0.39 is 0 Å². The monoisotopic (exact) mass is 384 g/mol. The quantitative estimate of drug-likeness (QED) is 0.736. The minimum Gasteiger partial charge on any atom is -0.469 e. The third-order valence-electron chi connectivity index (χ3n) is 3.42. The van der Waals surface area contributed by atoms with E-state index in [9.17, 15) is 9.59 Å². The van der Waals surface area contributed by atoms with E-state index in [-0.39, 0.29) is 30.8 Å². The van der Waals surface area contributed by atoms with Crippen molar-refractivity contribution in [2.75, 3.05) is 7.11 Å². The summed E-state index contributed by atoms with van der Waals surface area (Å²) in [6.07, 6.45) is 2.21. The number of carbonyl (C=O) groups excluding carboxylic acids is 2. The summed E-state index contributed by atoms with van der Waals surface area (Å²) in [6.45, 7) is 1.74. The third kappa shape index (κ3) is 5.76. The largest absolute Gasteiger partial charge is 0.469 e. The number of halogens is 2. The first-order valence-electron chi connectivity index (χ1n) is 7.65. The second-order valence-corrected chi connectivity index (χ2v) is 6.33. The van der Waals surface area contributed by atoms with Gasteiger partial charge >= 0.3 is 5.97 Å². The molecule has 0 saturated heterocycles. The number of esters is 1. The van der Waals surface area contributed by atoms with Gasteiger partial charge in [0.25, 0.3) is 0 Å². The van der Waals surface area contributed by atoms with Crippen LogP contribution >= 0.6 is 23.2 Å². The zero-order chi connectivity index (χ0) is 18.4. The van der Waals surface area contributed by atoms with Crippen LogP contribution in [0.15, 0.2) is 28.8 Å². The number of ether oxygens (including phenoxy) is 1. The number of amides is 1. The summed E-state index contributed by atoms with van der Waals surface area (Å²) < 4.78 is 10.2. The Morgan fingerprint density at radius 2 is 2.12 bits per heavy atom. The van der Waals surface area contributed by atoms with Gasteiger partial charge in [-0.3, -0.25) is 9.59 Å². The van der Waals surface area contributed by atoms with Crippen LogP contribution in [0.5, 0.6) is 0 Å². The number of methoxy groups -OCH3 is 1. The van der Waals surface area contributed by atoms with E-state index in [0.717, 1.165) is 0 Å². The lowest BCUT2D eigenvalue weighted by atomic mass is 10.2. The zero-order valence-corrected chi connectivity index (χ0v) is 15.4. The molecule has 0 radical (unpaired) electrons. The molecule has 134 valence electrons. The molecule has 2 aromatic rings. The number of hydrogen-bond acceptors (Lipinski definition) is 5. The van der Waals surface area contributed by atoms with Crippen molar-refractivity contribution >= 4 is 35.1 Å². The number of aromatic nitrogens is 1. The normalized spacial score (nSPS) is 11.8. The average molecular weight is 385 g/mol. The van der Waals surface area contributed by atoms with Crippen molar-refractivity contribution in [2.45, 2.75) is 32.2 Å². The van der Waals surface area contributed by atoms with Crippen molar-refractivity contribution in [3.05, 3.63) is 40.3 Å². The van der Waals surface area contributed by atoms with E-state index in [0.29, 0.717) is 33.7 Å². The maximum absolute atomic E-state index is 11.9.